The summed E-state index contributed by atoms with van der Waals surface area (Å²) in [6.07, 6.45) is 1.44. The van der Waals surface area contributed by atoms with Crippen molar-refractivity contribution in [1.29, 1.82) is 0 Å². The van der Waals surface area contributed by atoms with Crippen LogP contribution in [0.15, 0.2) is 6.07 Å². The topological polar surface area (TPSA) is 59.1 Å². The van der Waals surface area contributed by atoms with Crippen LogP contribution in [0.2, 0.25) is 0 Å². The maximum atomic E-state index is 5.61. The van der Waals surface area contributed by atoms with Crippen molar-refractivity contribution >= 4 is 33.3 Å². The molecule has 0 bridgehead atoms. The van der Waals surface area contributed by atoms with E-state index in [1.807, 2.05) is 7.05 Å². The summed E-state index contributed by atoms with van der Waals surface area (Å²) in [4.78, 5) is 11.3. The molecule has 0 aliphatic carbocycles. The number of ether oxygens (including phenoxy) is 1. The fourth-order valence-corrected chi connectivity index (χ4v) is 3.44. The van der Waals surface area contributed by atoms with E-state index in [1.165, 1.54) is 4.88 Å². The minimum Gasteiger partial charge on any atom is -0.378 e. The highest BCUT2D eigenvalue weighted by Crippen LogP contribution is 2.30. The molecule has 0 radical (unpaired) electrons. The van der Waals surface area contributed by atoms with E-state index in [4.69, 9.17) is 4.74 Å². The van der Waals surface area contributed by atoms with Crippen molar-refractivity contribution < 1.29 is 4.74 Å². The second-order valence-electron chi connectivity index (χ2n) is 5.23. The van der Waals surface area contributed by atoms with Crippen LogP contribution in [0.5, 0.6) is 0 Å². The molecular weight excluding hydrogens is 272 g/mol. The molecule has 0 spiro atoms. The lowest BCUT2D eigenvalue weighted by Gasteiger charge is -2.15. The van der Waals surface area contributed by atoms with Crippen LogP contribution in [0, 0.1) is 12.8 Å². The molecule has 3 heterocycles. The van der Waals surface area contributed by atoms with Gasteiger partial charge in [0.2, 0.25) is 5.95 Å². The first-order valence-electron chi connectivity index (χ1n) is 6.99. The van der Waals surface area contributed by atoms with E-state index in [0.29, 0.717) is 18.0 Å². The van der Waals surface area contributed by atoms with Gasteiger partial charge in [0.25, 0.3) is 0 Å². The van der Waals surface area contributed by atoms with E-state index in [-0.39, 0.29) is 0 Å². The highest BCUT2D eigenvalue weighted by molar-refractivity contribution is 7.18. The summed E-state index contributed by atoms with van der Waals surface area (Å²) in [5, 5.41) is 7.62. The van der Waals surface area contributed by atoms with E-state index in [2.05, 4.69) is 40.5 Å². The molecule has 2 aromatic heterocycles. The summed E-state index contributed by atoms with van der Waals surface area (Å²) in [7, 11) is 1.85. The van der Waals surface area contributed by atoms with Crippen LogP contribution in [0.4, 0.5) is 11.8 Å². The molecule has 1 aliphatic heterocycles. The number of thiophene rings is 1. The Labute approximate surface area is 122 Å². The molecule has 6 heteroatoms. The van der Waals surface area contributed by atoms with Gasteiger partial charge in [0.05, 0.1) is 11.5 Å². The number of aromatic nitrogens is 2. The number of hydrogen-bond donors (Lipinski definition) is 2. The Hall–Kier alpha value is -1.40. The number of nitrogens with one attached hydrogen (secondary N) is 2. The van der Waals surface area contributed by atoms with Crippen molar-refractivity contribution in [3.05, 3.63) is 10.9 Å². The number of hydrogen-bond acceptors (Lipinski definition) is 6. The van der Waals surface area contributed by atoms with E-state index in [0.717, 1.165) is 35.6 Å². The maximum Gasteiger partial charge on any atom is 0.225 e. The Morgan fingerprint density at radius 1 is 1.45 bits per heavy atom. The van der Waals surface area contributed by atoms with E-state index >= 15 is 0 Å². The highest BCUT2D eigenvalue weighted by atomic mass is 32.1. The van der Waals surface area contributed by atoms with Crippen LogP contribution in [-0.2, 0) is 4.74 Å². The summed E-state index contributed by atoms with van der Waals surface area (Å²) >= 11 is 1.70. The minimum absolute atomic E-state index is 0.327. The smallest absolute Gasteiger partial charge is 0.225 e. The Morgan fingerprint density at radius 3 is 3.00 bits per heavy atom. The first kappa shape index (κ1) is 13.6. The third-order valence-corrected chi connectivity index (χ3v) is 4.75. The van der Waals surface area contributed by atoms with Crippen molar-refractivity contribution in [3.8, 4) is 0 Å². The molecule has 5 nitrogen and oxygen atoms in total. The molecule has 108 valence electrons. The minimum atomic E-state index is 0.327. The summed E-state index contributed by atoms with van der Waals surface area (Å²) in [6.45, 7) is 6.00. The first-order valence-corrected chi connectivity index (χ1v) is 7.80. The molecule has 2 unspecified atom stereocenters. The Bertz CT molecular complexity index is 612. The van der Waals surface area contributed by atoms with Crippen LogP contribution >= 0.6 is 11.3 Å². The lowest BCUT2D eigenvalue weighted by molar-refractivity contribution is 0.108. The molecular formula is C14H20N4OS. The zero-order valence-corrected chi connectivity index (χ0v) is 12.9. The zero-order valence-electron chi connectivity index (χ0n) is 12.1. The van der Waals surface area contributed by atoms with E-state index < -0.39 is 0 Å². The molecule has 0 aromatic carbocycles. The number of anilines is 2. The predicted molar refractivity (Wildman–Crippen MR) is 83.7 cm³/mol. The molecule has 3 rings (SSSR count). The van der Waals surface area contributed by atoms with Crippen molar-refractivity contribution in [2.24, 2.45) is 5.92 Å². The molecule has 20 heavy (non-hydrogen) atoms. The second-order valence-corrected chi connectivity index (χ2v) is 6.46. The predicted octanol–water partition coefficient (Wildman–Crippen LogP) is 2.88. The Morgan fingerprint density at radius 2 is 2.30 bits per heavy atom. The maximum absolute atomic E-state index is 5.61. The van der Waals surface area contributed by atoms with Gasteiger partial charge in [-0.25, -0.2) is 4.98 Å². The zero-order chi connectivity index (χ0) is 14.1. The molecule has 1 aliphatic rings. The van der Waals surface area contributed by atoms with Crippen LogP contribution in [0.25, 0.3) is 10.2 Å². The van der Waals surface area contributed by atoms with Gasteiger partial charge in [0.15, 0.2) is 0 Å². The monoisotopic (exact) mass is 292 g/mol. The summed E-state index contributed by atoms with van der Waals surface area (Å²) in [5.41, 5.74) is 0. The number of aryl methyl sites for hydroxylation is 1. The van der Waals surface area contributed by atoms with Crippen molar-refractivity contribution in [3.63, 3.8) is 0 Å². The van der Waals surface area contributed by atoms with Gasteiger partial charge in [-0.2, -0.15) is 4.98 Å². The van der Waals surface area contributed by atoms with Crippen molar-refractivity contribution in [2.75, 3.05) is 30.8 Å². The van der Waals surface area contributed by atoms with Crippen LogP contribution in [0.3, 0.4) is 0 Å². The SMILES string of the molecule is CNc1nc(NCC2CCOC2C)c2cc(C)sc2n1. The molecule has 1 saturated heterocycles. The Kier molecular flexibility index (Phi) is 3.76. The van der Waals surface area contributed by atoms with Gasteiger partial charge in [0, 0.05) is 31.0 Å². The third-order valence-electron chi connectivity index (χ3n) is 3.80. The van der Waals surface area contributed by atoms with Crippen molar-refractivity contribution in [2.45, 2.75) is 26.4 Å². The molecule has 0 saturated carbocycles. The number of rotatable bonds is 4. The second kappa shape index (κ2) is 5.54. The molecule has 2 atom stereocenters. The van der Waals surface area contributed by atoms with Gasteiger partial charge in [-0.1, -0.05) is 0 Å². The quantitative estimate of drug-likeness (QED) is 0.907. The van der Waals surface area contributed by atoms with Gasteiger partial charge in [-0.3, -0.25) is 0 Å². The fraction of sp³-hybridized carbons (Fsp3) is 0.571. The molecule has 2 N–H and O–H groups in total. The number of nitrogens with zero attached hydrogens (tertiary/aromatic N) is 2. The van der Waals surface area contributed by atoms with Crippen LogP contribution in [0.1, 0.15) is 18.2 Å². The van der Waals surface area contributed by atoms with Gasteiger partial charge < -0.3 is 15.4 Å². The first-order chi connectivity index (χ1) is 9.67. The Balaban J connectivity index is 1.85. The summed E-state index contributed by atoms with van der Waals surface area (Å²) in [5.74, 6) is 2.14. The highest BCUT2D eigenvalue weighted by Gasteiger charge is 2.24. The normalized spacial score (nSPS) is 22.4. The van der Waals surface area contributed by atoms with Gasteiger partial charge in [0.1, 0.15) is 10.6 Å². The molecule has 0 amide bonds. The summed E-state index contributed by atoms with van der Waals surface area (Å²) in [6, 6.07) is 2.15. The molecule has 1 fully saturated rings. The van der Waals surface area contributed by atoms with Gasteiger partial charge in [-0.15, -0.1) is 11.3 Å². The van der Waals surface area contributed by atoms with Gasteiger partial charge >= 0.3 is 0 Å². The van der Waals surface area contributed by atoms with Crippen LogP contribution < -0.4 is 10.6 Å². The lowest BCUT2D eigenvalue weighted by Crippen LogP contribution is -2.21. The van der Waals surface area contributed by atoms with Gasteiger partial charge in [-0.05, 0) is 26.3 Å². The largest absolute Gasteiger partial charge is 0.378 e. The average Bonchev–Trinajstić information content (AvgIpc) is 3.00. The third kappa shape index (κ3) is 2.58. The fourth-order valence-electron chi connectivity index (χ4n) is 2.56. The standard InChI is InChI=1S/C14H20N4OS/c1-8-6-11-12(16-7-10-4-5-19-9(10)2)17-14(15-3)18-13(11)20-8/h6,9-10H,4-5,7H2,1-3H3,(H2,15,16,17,18). The average molecular weight is 292 g/mol. The van der Waals surface area contributed by atoms with E-state index in [9.17, 15) is 0 Å². The van der Waals surface area contributed by atoms with Crippen molar-refractivity contribution in [1.82, 2.24) is 9.97 Å². The lowest BCUT2D eigenvalue weighted by atomic mass is 10.0. The molecule has 2 aromatic rings. The van der Waals surface area contributed by atoms with Crippen LogP contribution in [-0.4, -0.2) is 36.3 Å². The van der Waals surface area contributed by atoms with E-state index in [1.54, 1.807) is 11.3 Å². The summed E-state index contributed by atoms with van der Waals surface area (Å²) < 4.78 is 5.61. The number of fused-ring (bicyclic) bond motifs is 1.